The van der Waals surface area contributed by atoms with E-state index in [9.17, 15) is 4.79 Å². The number of benzene rings is 2. The van der Waals surface area contributed by atoms with E-state index in [-0.39, 0.29) is 11.8 Å². The Kier molecular flexibility index (Phi) is 3.31. The molecule has 6 nitrogen and oxygen atoms in total. The van der Waals surface area contributed by atoms with Crippen LogP contribution in [0.3, 0.4) is 0 Å². The summed E-state index contributed by atoms with van der Waals surface area (Å²) >= 11 is 0. The maximum atomic E-state index is 11.7. The van der Waals surface area contributed by atoms with E-state index in [0.29, 0.717) is 6.42 Å². The van der Waals surface area contributed by atoms with Crippen molar-refractivity contribution in [1.82, 2.24) is 15.8 Å². The lowest BCUT2D eigenvalue weighted by molar-refractivity contribution is -0.133. The number of hydrogen-bond donors (Lipinski definition) is 2. The SMILES string of the molecule is O=C(NO)C1CCc2ccc(-c3ccc4nonc4c3)cc2C1. The summed E-state index contributed by atoms with van der Waals surface area (Å²) in [6, 6.07) is 12.1. The third-order valence-electron chi connectivity index (χ3n) is 4.50. The largest absolute Gasteiger partial charge is 0.289 e. The number of hydrogen-bond acceptors (Lipinski definition) is 5. The summed E-state index contributed by atoms with van der Waals surface area (Å²) in [7, 11) is 0. The molecule has 1 aliphatic carbocycles. The molecule has 1 atom stereocenters. The van der Waals surface area contributed by atoms with Gasteiger partial charge in [0.05, 0.1) is 0 Å². The first-order valence-electron chi connectivity index (χ1n) is 7.53. The Morgan fingerprint density at radius 2 is 1.87 bits per heavy atom. The molecule has 1 aromatic heterocycles. The molecule has 23 heavy (non-hydrogen) atoms. The van der Waals surface area contributed by atoms with Gasteiger partial charge in [0, 0.05) is 5.92 Å². The molecule has 1 heterocycles. The number of carbonyl (C=O) groups is 1. The normalized spacial score (nSPS) is 17.0. The maximum absolute atomic E-state index is 11.7. The maximum Gasteiger partial charge on any atom is 0.246 e. The van der Waals surface area contributed by atoms with Crippen LogP contribution in [-0.2, 0) is 17.6 Å². The Balaban J connectivity index is 1.70. The van der Waals surface area contributed by atoms with Gasteiger partial charge in [0.15, 0.2) is 0 Å². The number of aromatic nitrogens is 2. The highest BCUT2D eigenvalue weighted by atomic mass is 16.6. The Hall–Kier alpha value is -2.73. The summed E-state index contributed by atoms with van der Waals surface area (Å²) in [5, 5.41) is 16.5. The van der Waals surface area contributed by atoms with E-state index in [1.807, 2.05) is 18.2 Å². The Morgan fingerprint density at radius 3 is 2.74 bits per heavy atom. The monoisotopic (exact) mass is 309 g/mol. The van der Waals surface area contributed by atoms with Gasteiger partial charge in [0.25, 0.3) is 0 Å². The standard InChI is InChI=1S/C17H15N3O3/c21-17(18-22)13-4-2-10-1-3-11(7-14(10)8-13)12-5-6-15-16(9-12)20-23-19-15/h1,3,5-7,9,13,22H,2,4,8H2,(H,18,21). The molecule has 0 saturated carbocycles. The molecule has 0 aliphatic heterocycles. The first-order chi connectivity index (χ1) is 11.2. The number of nitrogens with zero attached hydrogens (tertiary/aromatic N) is 2. The van der Waals surface area contributed by atoms with Crippen LogP contribution in [0.1, 0.15) is 17.5 Å². The van der Waals surface area contributed by atoms with Crippen molar-refractivity contribution in [3.63, 3.8) is 0 Å². The molecule has 2 N–H and O–H groups in total. The molecule has 6 heteroatoms. The second kappa shape index (κ2) is 5.48. The van der Waals surface area contributed by atoms with Crippen LogP contribution in [0.15, 0.2) is 41.0 Å². The van der Waals surface area contributed by atoms with Gasteiger partial charge < -0.3 is 0 Å². The van der Waals surface area contributed by atoms with Gasteiger partial charge in [0.1, 0.15) is 11.0 Å². The molecule has 0 spiro atoms. The third kappa shape index (κ3) is 2.47. The predicted octanol–water partition coefficient (Wildman–Crippen LogP) is 2.50. The molecule has 4 rings (SSSR count). The van der Waals surface area contributed by atoms with Gasteiger partial charge in [-0.15, -0.1) is 0 Å². The number of carbonyl (C=O) groups excluding carboxylic acids is 1. The molecule has 2 aromatic carbocycles. The zero-order valence-electron chi connectivity index (χ0n) is 12.3. The van der Waals surface area contributed by atoms with Crippen molar-refractivity contribution < 1.29 is 14.6 Å². The molecule has 0 saturated heterocycles. The lowest BCUT2D eigenvalue weighted by atomic mass is 9.82. The fraction of sp³-hybridized carbons (Fsp3) is 0.235. The van der Waals surface area contributed by atoms with E-state index in [2.05, 4.69) is 28.5 Å². The van der Waals surface area contributed by atoms with Gasteiger partial charge >= 0.3 is 0 Å². The Labute approximate surface area is 132 Å². The third-order valence-corrected chi connectivity index (χ3v) is 4.50. The van der Waals surface area contributed by atoms with E-state index in [1.165, 1.54) is 5.56 Å². The molecule has 1 aliphatic rings. The van der Waals surface area contributed by atoms with E-state index in [1.54, 1.807) is 5.48 Å². The molecule has 1 amide bonds. The van der Waals surface area contributed by atoms with Crippen molar-refractivity contribution in [2.45, 2.75) is 19.3 Å². The smallest absolute Gasteiger partial charge is 0.246 e. The first kappa shape index (κ1) is 13.9. The molecule has 0 fully saturated rings. The number of aryl methyl sites for hydroxylation is 1. The zero-order valence-corrected chi connectivity index (χ0v) is 12.3. The van der Waals surface area contributed by atoms with E-state index in [4.69, 9.17) is 9.84 Å². The summed E-state index contributed by atoms with van der Waals surface area (Å²) in [4.78, 5) is 11.7. The molecule has 1 unspecified atom stereocenters. The molecule has 3 aromatic rings. The number of nitrogens with one attached hydrogen (secondary N) is 1. The summed E-state index contributed by atoms with van der Waals surface area (Å²) in [6.07, 6.45) is 2.25. The highest BCUT2D eigenvalue weighted by Crippen LogP contribution is 2.31. The van der Waals surface area contributed by atoms with Crippen molar-refractivity contribution >= 4 is 16.9 Å². The van der Waals surface area contributed by atoms with E-state index >= 15 is 0 Å². The average molecular weight is 309 g/mol. The summed E-state index contributed by atoms with van der Waals surface area (Å²) in [5.74, 6) is -0.485. The van der Waals surface area contributed by atoms with Crippen molar-refractivity contribution in [1.29, 1.82) is 0 Å². The highest BCUT2D eigenvalue weighted by Gasteiger charge is 2.24. The fourth-order valence-electron chi connectivity index (χ4n) is 3.21. The van der Waals surface area contributed by atoms with Crippen LogP contribution in [0.2, 0.25) is 0 Å². The van der Waals surface area contributed by atoms with Gasteiger partial charge in [-0.25, -0.2) is 10.1 Å². The van der Waals surface area contributed by atoms with Crippen molar-refractivity contribution in [2.75, 3.05) is 0 Å². The molecule has 116 valence electrons. The van der Waals surface area contributed by atoms with Crippen LogP contribution in [0.5, 0.6) is 0 Å². The summed E-state index contributed by atoms with van der Waals surface area (Å²) in [6.45, 7) is 0. The van der Waals surface area contributed by atoms with Gasteiger partial charge in [0.2, 0.25) is 5.91 Å². The number of amides is 1. The van der Waals surface area contributed by atoms with E-state index in [0.717, 1.165) is 40.6 Å². The highest BCUT2D eigenvalue weighted by molar-refractivity contribution is 5.81. The topological polar surface area (TPSA) is 88.2 Å². The van der Waals surface area contributed by atoms with Crippen molar-refractivity contribution in [3.05, 3.63) is 47.5 Å². The van der Waals surface area contributed by atoms with Crippen molar-refractivity contribution in [3.8, 4) is 11.1 Å². The molecular formula is C17H15N3O3. The fourth-order valence-corrected chi connectivity index (χ4v) is 3.21. The minimum Gasteiger partial charge on any atom is -0.289 e. The second-order valence-corrected chi connectivity index (χ2v) is 5.87. The van der Waals surface area contributed by atoms with Gasteiger partial charge in [-0.2, -0.15) is 0 Å². The summed E-state index contributed by atoms with van der Waals surface area (Å²) in [5.41, 5.74) is 7.73. The van der Waals surface area contributed by atoms with Gasteiger partial charge in [-0.1, -0.05) is 24.3 Å². The molecular weight excluding hydrogens is 294 g/mol. The zero-order chi connectivity index (χ0) is 15.8. The van der Waals surface area contributed by atoms with Crippen molar-refractivity contribution in [2.24, 2.45) is 5.92 Å². The summed E-state index contributed by atoms with van der Waals surface area (Å²) < 4.78 is 4.73. The average Bonchev–Trinajstić information content (AvgIpc) is 3.07. The van der Waals surface area contributed by atoms with Gasteiger partial charge in [-0.05, 0) is 64.0 Å². The molecule has 0 bridgehead atoms. The Bertz CT molecular complexity index is 888. The van der Waals surface area contributed by atoms with Crippen LogP contribution in [0, 0.1) is 5.92 Å². The number of rotatable bonds is 2. The lowest BCUT2D eigenvalue weighted by Gasteiger charge is -2.23. The van der Waals surface area contributed by atoms with Crippen LogP contribution < -0.4 is 5.48 Å². The number of hydroxylamine groups is 1. The minimum atomic E-state index is -0.309. The first-order valence-corrected chi connectivity index (χ1v) is 7.53. The molecule has 0 radical (unpaired) electrons. The minimum absolute atomic E-state index is 0.176. The quantitative estimate of drug-likeness (QED) is 0.561. The lowest BCUT2D eigenvalue weighted by Crippen LogP contribution is -2.31. The van der Waals surface area contributed by atoms with Gasteiger partial charge in [-0.3, -0.25) is 10.0 Å². The van der Waals surface area contributed by atoms with Crippen LogP contribution in [0.4, 0.5) is 0 Å². The second-order valence-electron chi connectivity index (χ2n) is 5.87. The van der Waals surface area contributed by atoms with E-state index < -0.39 is 0 Å². The van der Waals surface area contributed by atoms with Crippen LogP contribution >= 0.6 is 0 Å². The van der Waals surface area contributed by atoms with Crippen LogP contribution in [0.25, 0.3) is 22.2 Å². The number of fused-ring (bicyclic) bond motifs is 2. The Morgan fingerprint density at radius 1 is 1.09 bits per heavy atom. The predicted molar refractivity (Wildman–Crippen MR) is 82.7 cm³/mol. The van der Waals surface area contributed by atoms with Crippen LogP contribution in [-0.4, -0.2) is 21.4 Å².